The first kappa shape index (κ1) is 7.56. The van der Waals surface area contributed by atoms with Gasteiger partial charge in [-0.3, -0.25) is 0 Å². The van der Waals surface area contributed by atoms with Gasteiger partial charge >= 0.3 is 0 Å². The van der Waals surface area contributed by atoms with Crippen molar-refractivity contribution in [1.29, 1.82) is 5.26 Å². The van der Waals surface area contributed by atoms with Crippen molar-refractivity contribution >= 4 is 17.1 Å². The van der Waals surface area contributed by atoms with E-state index in [4.69, 9.17) is 5.26 Å². The number of nitrogens with one attached hydrogen (secondary N) is 1. The molecule has 1 N–H and O–H groups in total. The predicted molar refractivity (Wildman–Crippen MR) is 50.7 cm³/mol. The van der Waals surface area contributed by atoms with Gasteiger partial charge in [0.1, 0.15) is 5.65 Å². The lowest BCUT2D eigenvalue weighted by Crippen LogP contribution is -1.72. The Kier molecular flexibility index (Phi) is 1.81. The van der Waals surface area contributed by atoms with Crippen molar-refractivity contribution in [2.24, 2.45) is 0 Å². The Balaban J connectivity index is 2.59. The monoisotopic (exact) mass is 169 g/mol. The lowest BCUT2D eigenvalue weighted by atomic mass is 10.2. The highest BCUT2D eigenvalue weighted by atomic mass is 14.8. The third-order valence-electron chi connectivity index (χ3n) is 1.82. The highest BCUT2D eigenvalue weighted by molar-refractivity contribution is 5.86. The maximum atomic E-state index is 8.37. The number of H-pyrrole nitrogens is 1. The molecule has 2 aromatic heterocycles. The van der Waals surface area contributed by atoms with Crippen LogP contribution in [0.2, 0.25) is 0 Å². The minimum absolute atomic E-state index is 0.847. The second kappa shape index (κ2) is 3.11. The van der Waals surface area contributed by atoms with Crippen molar-refractivity contribution in [3.63, 3.8) is 0 Å². The number of rotatable bonds is 1. The summed E-state index contributed by atoms with van der Waals surface area (Å²) in [6.45, 7) is 0. The van der Waals surface area contributed by atoms with Gasteiger partial charge in [0.25, 0.3) is 0 Å². The van der Waals surface area contributed by atoms with E-state index in [2.05, 4.69) is 9.97 Å². The Morgan fingerprint density at radius 1 is 1.54 bits per heavy atom. The summed E-state index contributed by atoms with van der Waals surface area (Å²) in [5.74, 6) is 0. The first-order valence-electron chi connectivity index (χ1n) is 3.90. The summed E-state index contributed by atoms with van der Waals surface area (Å²) in [5.41, 5.74) is 1.84. The van der Waals surface area contributed by atoms with Crippen LogP contribution in [-0.2, 0) is 0 Å². The number of hydrogen-bond acceptors (Lipinski definition) is 2. The highest BCUT2D eigenvalue weighted by Crippen LogP contribution is 2.16. The van der Waals surface area contributed by atoms with Crippen LogP contribution in [0.4, 0.5) is 0 Å². The maximum Gasteiger partial charge on any atom is 0.137 e. The van der Waals surface area contributed by atoms with Crippen LogP contribution >= 0.6 is 0 Å². The molecule has 2 heterocycles. The van der Waals surface area contributed by atoms with E-state index in [0.29, 0.717) is 0 Å². The molecule has 13 heavy (non-hydrogen) atoms. The molecule has 0 bridgehead atoms. The van der Waals surface area contributed by atoms with Gasteiger partial charge in [-0.2, -0.15) is 5.26 Å². The van der Waals surface area contributed by atoms with Crippen LogP contribution in [0.15, 0.2) is 30.6 Å². The molecule has 0 saturated carbocycles. The SMILES string of the molecule is N#C/C=C/c1c[nH]c2ncccc12. The molecular weight excluding hydrogens is 162 g/mol. The van der Waals surface area contributed by atoms with E-state index in [1.165, 1.54) is 6.08 Å². The molecule has 0 saturated heterocycles. The molecular formula is C10H7N3. The summed E-state index contributed by atoms with van der Waals surface area (Å²) in [6.07, 6.45) is 6.79. The molecule has 0 aliphatic carbocycles. The van der Waals surface area contributed by atoms with Crippen LogP contribution in [0.5, 0.6) is 0 Å². The van der Waals surface area contributed by atoms with Gasteiger partial charge in [0, 0.05) is 29.4 Å². The third-order valence-corrected chi connectivity index (χ3v) is 1.82. The zero-order chi connectivity index (χ0) is 9.10. The van der Waals surface area contributed by atoms with Crippen molar-refractivity contribution in [2.75, 3.05) is 0 Å². The maximum absolute atomic E-state index is 8.37. The third kappa shape index (κ3) is 1.30. The van der Waals surface area contributed by atoms with Gasteiger partial charge in [-0.1, -0.05) is 0 Å². The molecule has 62 valence electrons. The van der Waals surface area contributed by atoms with Crippen molar-refractivity contribution in [3.8, 4) is 6.07 Å². The molecule has 2 aromatic rings. The average Bonchev–Trinajstić information content (AvgIpc) is 2.58. The fourth-order valence-electron chi connectivity index (χ4n) is 1.24. The number of nitrogens with zero attached hydrogens (tertiary/aromatic N) is 2. The van der Waals surface area contributed by atoms with Crippen LogP contribution in [0, 0.1) is 11.3 Å². The molecule has 2 rings (SSSR count). The lowest BCUT2D eigenvalue weighted by Gasteiger charge is -1.87. The molecule has 0 radical (unpaired) electrons. The number of aromatic nitrogens is 2. The average molecular weight is 169 g/mol. The van der Waals surface area contributed by atoms with Gasteiger partial charge in [-0.15, -0.1) is 0 Å². The quantitative estimate of drug-likeness (QED) is 0.664. The second-order valence-corrected chi connectivity index (χ2v) is 2.61. The van der Waals surface area contributed by atoms with Gasteiger partial charge in [-0.05, 0) is 18.2 Å². The Bertz CT molecular complexity index is 488. The summed E-state index contributed by atoms with van der Waals surface area (Å²) in [5, 5.41) is 9.41. The Labute approximate surface area is 75.3 Å². The van der Waals surface area contributed by atoms with Crippen LogP contribution in [0.1, 0.15) is 5.56 Å². The zero-order valence-electron chi connectivity index (χ0n) is 6.86. The number of allylic oxidation sites excluding steroid dienone is 1. The van der Waals surface area contributed by atoms with Gasteiger partial charge in [-0.25, -0.2) is 4.98 Å². The van der Waals surface area contributed by atoms with E-state index >= 15 is 0 Å². The van der Waals surface area contributed by atoms with Crippen molar-refractivity contribution in [2.45, 2.75) is 0 Å². The molecule has 0 atom stereocenters. The summed E-state index contributed by atoms with van der Waals surface area (Å²) in [7, 11) is 0. The molecule has 3 nitrogen and oxygen atoms in total. The molecule has 3 heteroatoms. The van der Waals surface area contributed by atoms with E-state index in [0.717, 1.165) is 16.6 Å². The van der Waals surface area contributed by atoms with Crippen molar-refractivity contribution in [1.82, 2.24) is 9.97 Å². The van der Waals surface area contributed by atoms with Crippen LogP contribution < -0.4 is 0 Å². The molecule has 0 aliphatic heterocycles. The standard InChI is InChI=1S/C10H7N3/c11-5-1-3-8-7-13-10-9(8)4-2-6-12-10/h1-4,6-7H,(H,12,13)/b3-1+. The van der Waals surface area contributed by atoms with Crippen molar-refractivity contribution in [3.05, 3.63) is 36.2 Å². The van der Waals surface area contributed by atoms with Crippen LogP contribution in [0.25, 0.3) is 17.1 Å². The van der Waals surface area contributed by atoms with Gasteiger partial charge in [0.15, 0.2) is 0 Å². The molecule has 0 spiro atoms. The number of hydrogen-bond donors (Lipinski definition) is 1. The second-order valence-electron chi connectivity index (χ2n) is 2.61. The highest BCUT2D eigenvalue weighted by Gasteiger charge is 1.98. The minimum Gasteiger partial charge on any atom is -0.346 e. The first-order chi connectivity index (χ1) is 6.42. The van der Waals surface area contributed by atoms with E-state index in [-0.39, 0.29) is 0 Å². The van der Waals surface area contributed by atoms with E-state index in [9.17, 15) is 0 Å². The molecule has 0 amide bonds. The number of aromatic amines is 1. The number of pyridine rings is 1. The number of nitriles is 1. The summed E-state index contributed by atoms with van der Waals surface area (Å²) >= 11 is 0. The zero-order valence-corrected chi connectivity index (χ0v) is 6.86. The van der Waals surface area contributed by atoms with Crippen molar-refractivity contribution < 1.29 is 0 Å². The van der Waals surface area contributed by atoms with Gasteiger partial charge in [0.2, 0.25) is 0 Å². The largest absolute Gasteiger partial charge is 0.346 e. The van der Waals surface area contributed by atoms with Gasteiger partial charge < -0.3 is 4.98 Å². The van der Waals surface area contributed by atoms with E-state index in [1.54, 1.807) is 12.3 Å². The Morgan fingerprint density at radius 3 is 3.31 bits per heavy atom. The lowest BCUT2D eigenvalue weighted by molar-refractivity contribution is 1.33. The number of fused-ring (bicyclic) bond motifs is 1. The Hall–Kier alpha value is -2.08. The topological polar surface area (TPSA) is 52.5 Å². The molecule has 0 aromatic carbocycles. The van der Waals surface area contributed by atoms with Crippen LogP contribution in [0.3, 0.4) is 0 Å². The fraction of sp³-hybridized carbons (Fsp3) is 0. The molecule has 0 fully saturated rings. The molecule has 0 unspecified atom stereocenters. The Morgan fingerprint density at radius 2 is 2.46 bits per heavy atom. The van der Waals surface area contributed by atoms with Crippen LogP contribution in [-0.4, -0.2) is 9.97 Å². The normalized spacial score (nSPS) is 10.7. The van der Waals surface area contributed by atoms with Gasteiger partial charge in [0.05, 0.1) is 6.07 Å². The molecule has 0 aliphatic rings. The fourth-order valence-corrected chi connectivity index (χ4v) is 1.24. The van der Waals surface area contributed by atoms with E-state index < -0.39 is 0 Å². The summed E-state index contributed by atoms with van der Waals surface area (Å²) in [6, 6.07) is 5.80. The summed E-state index contributed by atoms with van der Waals surface area (Å²) < 4.78 is 0. The predicted octanol–water partition coefficient (Wildman–Crippen LogP) is 2.10. The first-order valence-corrected chi connectivity index (χ1v) is 3.90. The summed E-state index contributed by atoms with van der Waals surface area (Å²) in [4.78, 5) is 7.16. The van der Waals surface area contributed by atoms with E-state index in [1.807, 2.05) is 24.4 Å². The smallest absolute Gasteiger partial charge is 0.137 e. The minimum atomic E-state index is 0.847.